The summed E-state index contributed by atoms with van der Waals surface area (Å²) in [6, 6.07) is 1.57. The van der Waals surface area contributed by atoms with Crippen molar-refractivity contribution >= 4 is 0 Å². The average molecular weight is 182 g/mol. The lowest BCUT2D eigenvalue weighted by atomic mass is 9.78. The molecule has 0 spiro atoms. The molecule has 0 bridgehead atoms. The molecule has 1 heterocycles. The van der Waals surface area contributed by atoms with Gasteiger partial charge in [0.1, 0.15) is 0 Å². The molecule has 2 aliphatic rings. The summed E-state index contributed by atoms with van der Waals surface area (Å²) in [4.78, 5) is 2.69. The molecule has 0 aromatic heterocycles. The maximum absolute atomic E-state index is 5.81. The van der Waals surface area contributed by atoms with Crippen molar-refractivity contribution in [1.82, 2.24) is 4.90 Å². The van der Waals surface area contributed by atoms with E-state index in [-0.39, 0.29) is 0 Å². The molecule has 1 aliphatic carbocycles. The van der Waals surface area contributed by atoms with E-state index in [1.54, 1.807) is 0 Å². The van der Waals surface area contributed by atoms with E-state index in [1.807, 2.05) is 0 Å². The summed E-state index contributed by atoms with van der Waals surface area (Å²) in [5.74, 6) is 0.923. The van der Waals surface area contributed by atoms with Crippen molar-refractivity contribution in [2.45, 2.75) is 51.1 Å². The van der Waals surface area contributed by atoms with Crippen molar-refractivity contribution in [2.24, 2.45) is 11.7 Å². The van der Waals surface area contributed by atoms with Gasteiger partial charge in [0.2, 0.25) is 0 Å². The molecular formula is C11H22N2. The Balaban J connectivity index is 1.94. The van der Waals surface area contributed by atoms with Crippen LogP contribution >= 0.6 is 0 Å². The number of rotatable bonds is 2. The molecule has 1 saturated heterocycles. The predicted octanol–water partition coefficient (Wildman–Crippen LogP) is 1.60. The highest BCUT2D eigenvalue weighted by Gasteiger charge is 2.36. The second-order valence-corrected chi connectivity index (χ2v) is 4.75. The van der Waals surface area contributed by atoms with Crippen LogP contribution in [-0.4, -0.2) is 30.1 Å². The van der Waals surface area contributed by atoms with Gasteiger partial charge in [-0.1, -0.05) is 13.3 Å². The highest BCUT2D eigenvalue weighted by molar-refractivity contribution is 4.91. The highest BCUT2D eigenvalue weighted by atomic mass is 15.2. The third kappa shape index (κ3) is 1.75. The Bertz CT molecular complexity index is 165. The van der Waals surface area contributed by atoms with Crippen LogP contribution < -0.4 is 5.73 Å². The van der Waals surface area contributed by atoms with Gasteiger partial charge in [0, 0.05) is 18.6 Å². The average Bonchev–Trinajstić information content (AvgIpc) is 2.16. The Hall–Kier alpha value is -0.0800. The standard InChI is InChI=1S/C11H22N2/c1-9-5-6-11(9)13-7-3-2-4-10(13)8-12/h9-11H,2-8,12H2,1H3. The summed E-state index contributed by atoms with van der Waals surface area (Å²) in [6.45, 7) is 4.55. The Morgan fingerprint density at radius 1 is 1.23 bits per heavy atom. The Kier molecular flexibility index (Phi) is 2.89. The summed E-state index contributed by atoms with van der Waals surface area (Å²) in [5, 5.41) is 0. The van der Waals surface area contributed by atoms with E-state index in [0.717, 1.165) is 18.5 Å². The van der Waals surface area contributed by atoms with Crippen LogP contribution in [0.2, 0.25) is 0 Å². The monoisotopic (exact) mass is 182 g/mol. The Morgan fingerprint density at radius 2 is 2.08 bits per heavy atom. The molecule has 13 heavy (non-hydrogen) atoms. The van der Waals surface area contributed by atoms with Gasteiger partial charge in [-0.25, -0.2) is 0 Å². The Morgan fingerprint density at radius 3 is 2.62 bits per heavy atom. The van der Waals surface area contributed by atoms with Crippen LogP contribution in [0.3, 0.4) is 0 Å². The van der Waals surface area contributed by atoms with Crippen LogP contribution in [0.15, 0.2) is 0 Å². The maximum Gasteiger partial charge on any atom is 0.0221 e. The van der Waals surface area contributed by atoms with E-state index < -0.39 is 0 Å². The minimum Gasteiger partial charge on any atom is -0.329 e. The first kappa shape index (κ1) is 9.47. The van der Waals surface area contributed by atoms with E-state index in [4.69, 9.17) is 5.73 Å². The van der Waals surface area contributed by atoms with Crippen LogP contribution in [0.5, 0.6) is 0 Å². The third-order valence-corrected chi connectivity index (χ3v) is 3.95. The van der Waals surface area contributed by atoms with Crippen LogP contribution in [-0.2, 0) is 0 Å². The molecule has 2 fully saturated rings. The molecular weight excluding hydrogens is 160 g/mol. The fourth-order valence-electron chi connectivity index (χ4n) is 2.85. The molecule has 1 saturated carbocycles. The molecule has 76 valence electrons. The van der Waals surface area contributed by atoms with Crippen LogP contribution in [0.25, 0.3) is 0 Å². The van der Waals surface area contributed by atoms with E-state index in [1.165, 1.54) is 38.6 Å². The second-order valence-electron chi connectivity index (χ2n) is 4.75. The molecule has 0 amide bonds. The summed E-state index contributed by atoms with van der Waals surface area (Å²) >= 11 is 0. The molecule has 0 radical (unpaired) electrons. The fourth-order valence-corrected chi connectivity index (χ4v) is 2.85. The zero-order valence-corrected chi connectivity index (χ0v) is 8.71. The van der Waals surface area contributed by atoms with Crippen molar-refractivity contribution < 1.29 is 0 Å². The second kappa shape index (κ2) is 3.97. The van der Waals surface area contributed by atoms with Gasteiger partial charge in [-0.2, -0.15) is 0 Å². The summed E-state index contributed by atoms with van der Waals surface area (Å²) in [5.41, 5.74) is 5.81. The minimum absolute atomic E-state index is 0.696. The molecule has 3 unspecified atom stereocenters. The number of piperidine rings is 1. The lowest BCUT2D eigenvalue weighted by Gasteiger charge is -2.48. The van der Waals surface area contributed by atoms with E-state index in [2.05, 4.69) is 11.8 Å². The van der Waals surface area contributed by atoms with Gasteiger partial charge in [-0.05, 0) is 38.1 Å². The van der Waals surface area contributed by atoms with Gasteiger partial charge in [0.05, 0.1) is 0 Å². The van der Waals surface area contributed by atoms with Crippen molar-refractivity contribution in [1.29, 1.82) is 0 Å². The summed E-state index contributed by atoms with van der Waals surface area (Å²) in [6.07, 6.45) is 6.95. The lowest BCUT2D eigenvalue weighted by molar-refractivity contribution is 0.0173. The van der Waals surface area contributed by atoms with Crippen molar-refractivity contribution in [3.05, 3.63) is 0 Å². The van der Waals surface area contributed by atoms with E-state index in [9.17, 15) is 0 Å². The smallest absolute Gasteiger partial charge is 0.0221 e. The number of hydrogen-bond donors (Lipinski definition) is 1. The number of likely N-dealkylation sites (tertiary alicyclic amines) is 1. The molecule has 3 atom stereocenters. The van der Waals surface area contributed by atoms with Crippen LogP contribution in [0.1, 0.15) is 39.0 Å². The third-order valence-electron chi connectivity index (χ3n) is 3.95. The molecule has 2 rings (SSSR count). The fraction of sp³-hybridized carbons (Fsp3) is 1.00. The quantitative estimate of drug-likeness (QED) is 0.703. The zero-order chi connectivity index (χ0) is 9.26. The normalized spacial score (nSPS) is 41.5. The first-order valence-corrected chi connectivity index (χ1v) is 5.78. The van der Waals surface area contributed by atoms with Crippen LogP contribution in [0, 0.1) is 5.92 Å². The zero-order valence-electron chi connectivity index (χ0n) is 8.71. The highest BCUT2D eigenvalue weighted by Crippen LogP contribution is 2.35. The van der Waals surface area contributed by atoms with Gasteiger partial charge >= 0.3 is 0 Å². The predicted molar refractivity (Wildman–Crippen MR) is 55.6 cm³/mol. The SMILES string of the molecule is CC1CCC1N1CCCCC1CN. The van der Waals surface area contributed by atoms with Gasteiger partial charge in [-0.3, -0.25) is 4.90 Å². The summed E-state index contributed by atoms with van der Waals surface area (Å²) in [7, 11) is 0. The molecule has 1 aliphatic heterocycles. The molecule has 0 aromatic carbocycles. The number of nitrogens with two attached hydrogens (primary N) is 1. The molecule has 2 heteroatoms. The van der Waals surface area contributed by atoms with Crippen LogP contribution in [0.4, 0.5) is 0 Å². The van der Waals surface area contributed by atoms with Crippen molar-refractivity contribution in [2.75, 3.05) is 13.1 Å². The lowest BCUT2D eigenvalue weighted by Crippen LogP contribution is -2.55. The number of hydrogen-bond acceptors (Lipinski definition) is 2. The molecule has 2 nitrogen and oxygen atoms in total. The van der Waals surface area contributed by atoms with Gasteiger partial charge in [0.15, 0.2) is 0 Å². The maximum atomic E-state index is 5.81. The topological polar surface area (TPSA) is 29.3 Å². The van der Waals surface area contributed by atoms with Gasteiger partial charge in [-0.15, -0.1) is 0 Å². The van der Waals surface area contributed by atoms with E-state index in [0.29, 0.717) is 6.04 Å². The Labute approximate surface area is 81.5 Å². The largest absolute Gasteiger partial charge is 0.329 e. The van der Waals surface area contributed by atoms with Gasteiger partial charge in [0.25, 0.3) is 0 Å². The first-order chi connectivity index (χ1) is 6.33. The van der Waals surface area contributed by atoms with Crippen molar-refractivity contribution in [3.63, 3.8) is 0 Å². The van der Waals surface area contributed by atoms with E-state index >= 15 is 0 Å². The first-order valence-electron chi connectivity index (χ1n) is 5.78. The molecule has 2 N–H and O–H groups in total. The van der Waals surface area contributed by atoms with Crippen molar-refractivity contribution in [3.8, 4) is 0 Å². The number of nitrogens with zero attached hydrogens (tertiary/aromatic N) is 1. The van der Waals surface area contributed by atoms with Gasteiger partial charge < -0.3 is 5.73 Å². The molecule has 0 aromatic rings. The minimum atomic E-state index is 0.696. The summed E-state index contributed by atoms with van der Waals surface area (Å²) < 4.78 is 0.